The van der Waals surface area contributed by atoms with Gasteiger partial charge in [0.2, 0.25) is 17.7 Å². The minimum Gasteiger partial charge on any atom is -0.508 e. The SMILES string of the molecule is CSCCC(N)C(=O)NC(Cc1ccc(O)cc1)C(=O)NC(Cc1ccccc1)C(=O)N1CCCC1C(=O)O. The van der Waals surface area contributed by atoms with Crippen LogP contribution in [0.15, 0.2) is 54.6 Å². The second-order valence-electron chi connectivity index (χ2n) is 9.60. The maximum atomic E-state index is 13.6. The summed E-state index contributed by atoms with van der Waals surface area (Å²) in [5.74, 6) is -1.90. The van der Waals surface area contributed by atoms with Gasteiger partial charge in [-0.25, -0.2) is 4.79 Å². The zero-order valence-electron chi connectivity index (χ0n) is 21.9. The van der Waals surface area contributed by atoms with Gasteiger partial charge in [-0.1, -0.05) is 42.5 Å². The van der Waals surface area contributed by atoms with Crippen molar-refractivity contribution in [1.29, 1.82) is 0 Å². The molecule has 10 nitrogen and oxygen atoms in total. The van der Waals surface area contributed by atoms with Crippen LogP contribution in [0.1, 0.15) is 30.4 Å². The predicted molar refractivity (Wildman–Crippen MR) is 149 cm³/mol. The lowest BCUT2D eigenvalue weighted by atomic mass is 10.0. The molecule has 4 atom stereocenters. The van der Waals surface area contributed by atoms with Crippen molar-refractivity contribution in [2.75, 3.05) is 18.6 Å². The molecule has 2 aromatic rings. The molecule has 2 aromatic carbocycles. The van der Waals surface area contributed by atoms with Crippen LogP contribution in [0.4, 0.5) is 0 Å². The summed E-state index contributed by atoms with van der Waals surface area (Å²) in [6, 6.07) is 11.5. The number of nitrogens with zero attached hydrogens (tertiary/aromatic N) is 1. The van der Waals surface area contributed by atoms with Gasteiger partial charge in [0.25, 0.3) is 0 Å². The van der Waals surface area contributed by atoms with E-state index in [4.69, 9.17) is 5.73 Å². The number of rotatable bonds is 13. The highest BCUT2D eigenvalue weighted by atomic mass is 32.2. The molecule has 1 aliphatic heterocycles. The number of carbonyl (C=O) groups is 4. The minimum absolute atomic E-state index is 0.0648. The number of likely N-dealkylation sites (tertiary alicyclic amines) is 1. The van der Waals surface area contributed by atoms with Crippen molar-refractivity contribution in [2.24, 2.45) is 5.73 Å². The lowest BCUT2D eigenvalue weighted by molar-refractivity contribution is -0.149. The summed E-state index contributed by atoms with van der Waals surface area (Å²) < 4.78 is 0. The first-order valence-electron chi connectivity index (χ1n) is 12.9. The number of carbonyl (C=O) groups excluding carboxylic acids is 3. The minimum atomic E-state index is -1.08. The number of amides is 3. The lowest BCUT2D eigenvalue weighted by Crippen LogP contribution is -2.58. The molecule has 0 aromatic heterocycles. The molecule has 3 amide bonds. The van der Waals surface area contributed by atoms with Crippen LogP contribution >= 0.6 is 11.8 Å². The lowest BCUT2D eigenvalue weighted by Gasteiger charge is -2.29. The molecular weight excluding hydrogens is 520 g/mol. The molecule has 1 aliphatic rings. The maximum Gasteiger partial charge on any atom is 0.326 e. The molecule has 0 bridgehead atoms. The fraction of sp³-hybridized carbons (Fsp3) is 0.429. The van der Waals surface area contributed by atoms with Crippen LogP contribution < -0.4 is 16.4 Å². The Bertz CT molecular complexity index is 1130. The molecule has 0 radical (unpaired) electrons. The van der Waals surface area contributed by atoms with Gasteiger partial charge in [0.15, 0.2) is 0 Å². The van der Waals surface area contributed by atoms with E-state index in [1.54, 1.807) is 23.9 Å². The number of benzene rings is 2. The van der Waals surface area contributed by atoms with Gasteiger partial charge in [0.05, 0.1) is 6.04 Å². The van der Waals surface area contributed by atoms with E-state index >= 15 is 0 Å². The number of carboxylic acids is 1. The Morgan fingerprint density at radius 3 is 2.23 bits per heavy atom. The highest BCUT2D eigenvalue weighted by Crippen LogP contribution is 2.20. The zero-order valence-corrected chi connectivity index (χ0v) is 22.7. The van der Waals surface area contributed by atoms with Crippen molar-refractivity contribution in [3.05, 3.63) is 65.7 Å². The Hall–Kier alpha value is -3.57. The van der Waals surface area contributed by atoms with Crippen molar-refractivity contribution in [2.45, 2.75) is 56.3 Å². The predicted octanol–water partition coefficient (Wildman–Crippen LogP) is 1.30. The largest absolute Gasteiger partial charge is 0.508 e. The van der Waals surface area contributed by atoms with E-state index < -0.39 is 47.9 Å². The van der Waals surface area contributed by atoms with Gasteiger partial charge >= 0.3 is 5.97 Å². The van der Waals surface area contributed by atoms with Crippen LogP contribution in [-0.2, 0) is 32.0 Å². The van der Waals surface area contributed by atoms with Gasteiger partial charge < -0.3 is 31.5 Å². The van der Waals surface area contributed by atoms with Gasteiger partial charge in [-0.15, -0.1) is 0 Å². The van der Waals surface area contributed by atoms with Gasteiger partial charge in [-0.3, -0.25) is 14.4 Å². The number of aliphatic carboxylic acids is 1. The molecule has 0 saturated carbocycles. The third-order valence-electron chi connectivity index (χ3n) is 6.70. The Kier molecular flexibility index (Phi) is 11.2. The summed E-state index contributed by atoms with van der Waals surface area (Å²) in [4.78, 5) is 53.1. The first kappa shape index (κ1) is 30.0. The molecule has 3 rings (SSSR count). The number of aromatic hydroxyl groups is 1. The number of thioether (sulfide) groups is 1. The number of hydrogen-bond acceptors (Lipinski definition) is 7. The smallest absolute Gasteiger partial charge is 0.326 e. The second-order valence-corrected chi connectivity index (χ2v) is 10.6. The van der Waals surface area contributed by atoms with E-state index in [1.165, 1.54) is 17.0 Å². The summed E-state index contributed by atoms with van der Waals surface area (Å²) in [6.45, 7) is 0.287. The highest BCUT2D eigenvalue weighted by molar-refractivity contribution is 7.98. The topological polar surface area (TPSA) is 162 Å². The standard InChI is InChI=1S/C28H36N4O6S/c1-39-15-13-21(29)25(34)30-22(16-19-9-11-20(33)12-10-19)26(35)31-23(17-18-6-3-2-4-7-18)27(36)32-14-5-8-24(32)28(37)38/h2-4,6-7,9-12,21-24,33H,5,8,13-17,29H2,1H3,(H,30,34)(H,31,35)(H,37,38). The monoisotopic (exact) mass is 556 g/mol. The summed E-state index contributed by atoms with van der Waals surface area (Å²) in [7, 11) is 0. The number of nitrogens with one attached hydrogen (secondary N) is 2. The highest BCUT2D eigenvalue weighted by Gasteiger charge is 2.38. The average molecular weight is 557 g/mol. The van der Waals surface area contributed by atoms with Crippen LogP contribution in [0.3, 0.4) is 0 Å². The normalized spacial score (nSPS) is 17.2. The fourth-order valence-electron chi connectivity index (χ4n) is 4.54. The Balaban J connectivity index is 1.84. The third kappa shape index (κ3) is 8.72. The molecule has 0 aliphatic carbocycles. The van der Waals surface area contributed by atoms with E-state index in [1.807, 2.05) is 36.6 Å². The summed E-state index contributed by atoms with van der Waals surface area (Å²) in [6.07, 6.45) is 3.50. The van der Waals surface area contributed by atoms with Crippen molar-refractivity contribution < 1.29 is 29.4 Å². The Morgan fingerprint density at radius 2 is 1.59 bits per heavy atom. The summed E-state index contributed by atoms with van der Waals surface area (Å²) in [5, 5.41) is 24.8. The van der Waals surface area contributed by atoms with Gasteiger partial charge in [-0.2, -0.15) is 11.8 Å². The first-order valence-corrected chi connectivity index (χ1v) is 14.3. The van der Waals surface area contributed by atoms with Crippen molar-refractivity contribution >= 4 is 35.5 Å². The average Bonchev–Trinajstić information content (AvgIpc) is 3.42. The molecule has 1 saturated heterocycles. The third-order valence-corrected chi connectivity index (χ3v) is 7.34. The van der Waals surface area contributed by atoms with Crippen LogP contribution in [-0.4, -0.2) is 81.5 Å². The molecule has 1 heterocycles. The number of hydrogen-bond donors (Lipinski definition) is 5. The molecule has 39 heavy (non-hydrogen) atoms. The molecule has 0 spiro atoms. The summed E-state index contributed by atoms with van der Waals surface area (Å²) >= 11 is 1.56. The molecule has 11 heteroatoms. The van der Waals surface area contributed by atoms with Crippen molar-refractivity contribution in [1.82, 2.24) is 15.5 Å². The molecule has 1 fully saturated rings. The summed E-state index contributed by atoms with van der Waals surface area (Å²) in [5.41, 5.74) is 7.51. The van der Waals surface area contributed by atoms with Crippen LogP contribution in [0.5, 0.6) is 5.75 Å². The quantitative estimate of drug-likeness (QED) is 0.247. The fourth-order valence-corrected chi connectivity index (χ4v) is 5.03. The Labute approximate surface area is 232 Å². The van der Waals surface area contributed by atoms with Crippen molar-refractivity contribution in [3.8, 4) is 5.75 Å². The molecule has 4 unspecified atom stereocenters. The number of phenolic OH excluding ortho intramolecular Hbond substituents is 1. The van der Waals surface area contributed by atoms with E-state index in [2.05, 4.69) is 10.6 Å². The zero-order chi connectivity index (χ0) is 28.4. The van der Waals surface area contributed by atoms with Gasteiger partial charge in [0.1, 0.15) is 23.9 Å². The van der Waals surface area contributed by atoms with Gasteiger partial charge in [-0.05, 0) is 54.5 Å². The van der Waals surface area contributed by atoms with Gasteiger partial charge in [0, 0.05) is 19.4 Å². The second kappa shape index (κ2) is 14.5. The van der Waals surface area contributed by atoms with Crippen LogP contribution in [0.2, 0.25) is 0 Å². The number of nitrogens with two attached hydrogens (primary N) is 1. The Morgan fingerprint density at radius 1 is 0.974 bits per heavy atom. The van der Waals surface area contributed by atoms with E-state index in [0.29, 0.717) is 30.6 Å². The molecular formula is C28H36N4O6S. The first-order chi connectivity index (χ1) is 18.7. The van der Waals surface area contributed by atoms with E-state index in [0.717, 1.165) is 5.56 Å². The van der Waals surface area contributed by atoms with Crippen molar-refractivity contribution in [3.63, 3.8) is 0 Å². The van der Waals surface area contributed by atoms with Crippen LogP contribution in [0.25, 0.3) is 0 Å². The van der Waals surface area contributed by atoms with Crippen LogP contribution in [0, 0.1) is 0 Å². The van der Waals surface area contributed by atoms with E-state index in [-0.39, 0.29) is 25.1 Å². The number of carboxylic acid groups (broad SMARTS) is 1. The molecule has 210 valence electrons. The molecule has 6 N–H and O–H groups in total. The number of phenols is 1. The van der Waals surface area contributed by atoms with E-state index in [9.17, 15) is 29.4 Å². The maximum absolute atomic E-state index is 13.6.